The summed E-state index contributed by atoms with van der Waals surface area (Å²) >= 11 is 5.78. The Hall–Kier alpha value is -1.67. The molecule has 1 fully saturated rings. The van der Waals surface area contributed by atoms with Gasteiger partial charge in [-0.3, -0.25) is 14.9 Å². The van der Waals surface area contributed by atoms with E-state index >= 15 is 0 Å². The van der Waals surface area contributed by atoms with Crippen LogP contribution in [0, 0.1) is 22.0 Å². The van der Waals surface area contributed by atoms with Crippen LogP contribution < -0.4 is 4.72 Å². The second-order valence-electron chi connectivity index (χ2n) is 5.42. The summed E-state index contributed by atoms with van der Waals surface area (Å²) in [7, 11) is -4.23. The first-order valence-corrected chi connectivity index (χ1v) is 8.56. The van der Waals surface area contributed by atoms with Gasteiger partial charge in [0, 0.05) is 18.6 Å². The van der Waals surface area contributed by atoms with Crippen molar-refractivity contribution in [1.29, 1.82) is 0 Å². The minimum Gasteiger partial charge on any atom is -0.274 e. The SMILES string of the molecule is C[C@@H](CC(=O)NS(=O)(=O)c1cc([N+](=O)[O-])ccc1Cl)C1CC1. The maximum Gasteiger partial charge on any atom is 0.270 e. The molecule has 0 spiro atoms. The molecule has 0 aliphatic heterocycles. The molecule has 0 bridgehead atoms. The maximum atomic E-state index is 12.2. The number of nitro benzene ring substituents is 1. The molecule has 1 aromatic rings. The van der Waals surface area contributed by atoms with E-state index in [1.54, 1.807) is 0 Å². The van der Waals surface area contributed by atoms with Gasteiger partial charge < -0.3 is 0 Å². The Morgan fingerprint density at radius 1 is 1.50 bits per heavy atom. The third-order valence-electron chi connectivity index (χ3n) is 3.60. The number of halogens is 1. The van der Waals surface area contributed by atoms with Gasteiger partial charge >= 0.3 is 0 Å². The fourth-order valence-electron chi connectivity index (χ4n) is 2.18. The van der Waals surface area contributed by atoms with Crippen molar-refractivity contribution in [2.24, 2.45) is 11.8 Å². The number of amides is 1. The molecule has 0 saturated heterocycles. The highest BCUT2D eigenvalue weighted by molar-refractivity contribution is 7.90. The van der Waals surface area contributed by atoms with E-state index in [-0.39, 0.29) is 17.4 Å². The summed E-state index contributed by atoms with van der Waals surface area (Å²) in [5, 5.41) is 10.5. The summed E-state index contributed by atoms with van der Waals surface area (Å²) in [6.45, 7) is 1.89. The summed E-state index contributed by atoms with van der Waals surface area (Å²) in [6, 6.07) is 3.05. The number of nitrogens with one attached hydrogen (secondary N) is 1. The van der Waals surface area contributed by atoms with E-state index in [4.69, 9.17) is 11.6 Å². The molecule has 0 heterocycles. The van der Waals surface area contributed by atoms with Gasteiger partial charge in [-0.15, -0.1) is 0 Å². The fourth-order valence-corrected chi connectivity index (χ4v) is 3.70. The zero-order valence-corrected chi connectivity index (χ0v) is 13.4. The van der Waals surface area contributed by atoms with Gasteiger partial charge in [-0.2, -0.15) is 0 Å². The Balaban J connectivity index is 2.17. The average Bonchev–Trinajstić information content (AvgIpc) is 3.21. The van der Waals surface area contributed by atoms with Crippen molar-refractivity contribution in [2.75, 3.05) is 0 Å². The number of non-ortho nitro benzene ring substituents is 1. The summed E-state index contributed by atoms with van der Waals surface area (Å²) in [5.41, 5.74) is -0.413. The molecule has 22 heavy (non-hydrogen) atoms. The van der Waals surface area contributed by atoms with Crippen LogP contribution in [0.5, 0.6) is 0 Å². The second kappa shape index (κ2) is 6.21. The Morgan fingerprint density at radius 3 is 2.68 bits per heavy atom. The number of rotatable bonds is 6. The van der Waals surface area contributed by atoms with Crippen LogP contribution in [0.2, 0.25) is 5.02 Å². The highest BCUT2D eigenvalue weighted by Gasteiger charge is 2.31. The number of carbonyl (C=O) groups is 1. The number of nitrogens with zero attached hydrogens (tertiary/aromatic N) is 1. The fraction of sp³-hybridized carbons (Fsp3) is 0.462. The van der Waals surface area contributed by atoms with Crippen molar-refractivity contribution in [3.63, 3.8) is 0 Å². The van der Waals surface area contributed by atoms with Crippen LogP contribution in [-0.2, 0) is 14.8 Å². The van der Waals surface area contributed by atoms with Crippen LogP contribution in [0.25, 0.3) is 0 Å². The van der Waals surface area contributed by atoms with Crippen LogP contribution in [-0.4, -0.2) is 19.2 Å². The number of hydrogen-bond acceptors (Lipinski definition) is 5. The maximum absolute atomic E-state index is 12.2. The molecule has 0 unspecified atom stereocenters. The van der Waals surface area contributed by atoms with Crippen LogP contribution in [0.4, 0.5) is 5.69 Å². The third-order valence-corrected chi connectivity index (χ3v) is 5.45. The van der Waals surface area contributed by atoms with Crippen LogP contribution in [0.1, 0.15) is 26.2 Å². The molecule has 1 aliphatic rings. The Kier molecular flexibility index (Phi) is 4.72. The van der Waals surface area contributed by atoms with Crippen molar-refractivity contribution in [1.82, 2.24) is 4.72 Å². The van der Waals surface area contributed by atoms with Gasteiger partial charge in [0.1, 0.15) is 4.90 Å². The molecule has 120 valence electrons. The Bertz CT molecular complexity index is 715. The molecule has 1 atom stereocenters. The number of hydrogen-bond donors (Lipinski definition) is 1. The lowest BCUT2D eigenvalue weighted by Gasteiger charge is -2.11. The van der Waals surface area contributed by atoms with E-state index in [1.165, 1.54) is 0 Å². The lowest BCUT2D eigenvalue weighted by Crippen LogP contribution is -2.32. The zero-order chi connectivity index (χ0) is 16.5. The summed E-state index contributed by atoms with van der Waals surface area (Å²) < 4.78 is 26.3. The lowest BCUT2D eigenvalue weighted by molar-refractivity contribution is -0.385. The molecule has 1 aliphatic carbocycles. The topological polar surface area (TPSA) is 106 Å². The zero-order valence-electron chi connectivity index (χ0n) is 11.8. The molecular weight excluding hydrogens is 332 g/mol. The first-order chi connectivity index (χ1) is 10.2. The van der Waals surface area contributed by atoms with Gasteiger partial charge in [-0.25, -0.2) is 13.1 Å². The molecule has 9 heteroatoms. The number of sulfonamides is 1. The van der Waals surface area contributed by atoms with Gasteiger partial charge in [0.25, 0.3) is 15.7 Å². The normalized spacial score (nSPS) is 16.1. The van der Waals surface area contributed by atoms with Gasteiger partial charge in [0.15, 0.2) is 0 Å². The van der Waals surface area contributed by atoms with Gasteiger partial charge in [0.2, 0.25) is 5.91 Å². The van der Waals surface area contributed by atoms with Crippen molar-refractivity contribution >= 4 is 33.2 Å². The Labute approximate surface area is 132 Å². The molecule has 1 aromatic carbocycles. The predicted octanol–water partition coefficient (Wildman–Crippen LogP) is 2.49. The Morgan fingerprint density at radius 2 is 2.14 bits per heavy atom. The average molecular weight is 347 g/mol. The molecule has 2 rings (SSSR count). The second-order valence-corrected chi connectivity index (χ2v) is 7.48. The third kappa shape index (κ3) is 3.95. The number of nitro groups is 1. The number of benzene rings is 1. The van der Waals surface area contributed by atoms with Crippen molar-refractivity contribution in [2.45, 2.75) is 31.1 Å². The predicted molar refractivity (Wildman–Crippen MR) is 79.9 cm³/mol. The minimum absolute atomic E-state index is 0.0937. The van der Waals surface area contributed by atoms with Gasteiger partial charge in [0.05, 0.1) is 9.95 Å². The van der Waals surface area contributed by atoms with Gasteiger partial charge in [-0.05, 0) is 30.7 Å². The molecular formula is C13H15ClN2O5S. The van der Waals surface area contributed by atoms with Crippen LogP contribution in [0.3, 0.4) is 0 Å². The highest BCUT2D eigenvalue weighted by Crippen LogP contribution is 2.38. The highest BCUT2D eigenvalue weighted by atomic mass is 35.5. The quantitative estimate of drug-likeness (QED) is 0.629. The summed E-state index contributed by atoms with van der Waals surface area (Å²) in [5.74, 6) is -0.0624. The molecule has 1 amide bonds. The van der Waals surface area contributed by atoms with Gasteiger partial charge in [-0.1, -0.05) is 18.5 Å². The van der Waals surface area contributed by atoms with E-state index in [1.807, 2.05) is 11.6 Å². The van der Waals surface area contributed by atoms with Crippen LogP contribution in [0.15, 0.2) is 23.1 Å². The van der Waals surface area contributed by atoms with E-state index in [2.05, 4.69) is 0 Å². The largest absolute Gasteiger partial charge is 0.274 e. The first-order valence-electron chi connectivity index (χ1n) is 6.70. The van der Waals surface area contributed by atoms with E-state index in [0.29, 0.717) is 5.92 Å². The smallest absolute Gasteiger partial charge is 0.270 e. The molecule has 1 saturated carbocycles. The molecule has 1 N–H and O–H groups in total. The van der Waals surface area contributed by atoms with Crippen molar-refractivity contribution in [3.05, 3.63) is 33.3 Å². The lowest BCUT2D eigenvalue weighted by atomic mass is 10.0. The van der Waals surface area contributed by atoms with E-state index in [9.17, 15) is 23.3 Å². The van der Waals surface area contributed by atoms with Crippen molar-refractivity contribution < 1.29 is 18.1 Å². The van der Waals surface area contributed by atoms with Crippen LogP contribution >= 0.6 is 11.6 Å². The molecule has 0 radical (unpaired) electrons. The number of carbonyl (C=O) groups excluding carboxylic acids is 1. The summed E-state index contributed by atoms with van der Waals surface area (Å²) in [6.07, 6.45) is 2.20. The first kappa shape index (κ1) is 16.7. The van der Waals surface area contributed by atoms with E-state index in [0.717, 1.165) is 31.0 Å². The minimum atomic E-state index is -4.23. The molecule has 7 nitrogen and oxygen atoms in total. The molecule has 0 aromatic heterocycles. The summed E-state index contributed by atoms with van der Waals surface area (Å²) in [4.78, 5) is 21.4. The van der Waals surface area contributed by atoms with Crippen molar-refractivity contribution in [3.8, 4) is 0 Å². The standard InChI is InChI=1S/C13H15ClN2O5S/c1-8(9-2-3-9)6-13(17)15-22(20,21)12-7-10(16(18)19)4-5-11(12)14/h4-5,7-9H,2-3,6H2,1H3,(H,15,17)/t8-/m0/s1. The van der Waals surface area contributed by atoms with E-state index < -0.39 is 31.4 Å². The monoisotopic (exact) mass is 346 g/mol.